The van der Waals surface area contributed by atoms with Gasteiger partial charge in [0.1, 0.15) is 0 Å². The smallest absolute Gasteiger partial charge is 0.0426 e. The normalized spacial score (nSPS) is 31.3. The third-order valence-corrected chi connectivity index (χ3v) is 5.58. The molecule has 0 amide bonds. The molecule has 1 nitrogen and oxygen atoms in total. The fourth-order valence-corrected chi connectivity index (χ4v) is 4.58. The Morgan fingerprint density at radius 1 is 1.28 bits per heavy atom. The highest BCUT2D eigenvalue weighted by atomic mass is 32.2. The molecule has 2 heteroatoms. The minimum atomic E-state index is 0.587. The fourth-order valence-electron chi connectivity index (χ4n) is 3.39. The summed E-state index contributed by atoms with van der Waals surface area (Å²) in [4.78, 5) is 1.48. The molecule has 0 bridgehead atoms. The van der Waals surface area contributed by atoms with Crippen molar-refractivity contribution in [2.45, 2.75) is 43.5 Å². The van der Waals surface area contributed by atoms with Gasteiger partial charge in [-0.2, -0.15) is 0 Å². The van der Waals surface area contributed by atoms with E-state index in [0.29, 0.717) is 6.04 Å². The van der Waals surface area contributed by atoms with E-state index in [2.05, 4.69) is 36.5 Å². The number of hydrogen-bond donors (Lipinski definition) is 1. The van der Waals surface area contributed by atoms with Crippen molar-refractivity contribution in [3.05, 3.63) is 29.8 Å². The van der Waals surface area contributed by atoms with Crippen molar-refractivity contribution >= 4 is 11.8 Å². The summed E-state index contributed by atoms with van der Waals surface area (Å²) in [5, 5.41) is 3.81. The molecule has 1 aliphatic heterocycles. The molecule has 18 heavy (non-hydrogen) atoms. The summed E-state index contributed by atoms with van der Waals surface area (Å²) >= 11 is 2.00. The van der Waals surface area contributed by atoms with Crippen LogP contribution in [0.5, 0.6) is 0 Å². The van der Waals surface area contributed by atoms with Gasteiger partial charge >= 0.3 is 0 Å². The molecule has 1 saturated carbocycles. The molecule has 3 unspecified atom stereocenters. The fraction of sp³-hybridized carbons (Fsp3) is 0.625. The third-order valence-electron chi connectivity index (χ3n) is 4.40. The Morgan fingerprint density at radius 2 is 2.17 bits per heavy atom. The molecule has 0 saturated heterocycles. The summed E-state index contributed by atoms with van der Waals surface area (Å²) in [6.07, 6.45) is 5.73. The van der Waals surface area contributed by atoms with Gasteiger partial charge in [-0.15, -0.1) is 11.8 Å². The minimum Gasteiger partial charge on any atom is -0.309 e. The van der Waals surface area contributed by atoms with Crippen molar-refractivity contribution in [1.82, 2.24) is 5.32 Å². The van der Waals surface area contributed by atoms with Crippen LogP contribution in [0.2, 0.25) is 0 Å². The van der Waals surface area contributed by atoms with E-state index in [-0.39, 0.29) is 0 Å². The van der Waals surface area contributed by atoms with Gasteiger partial charge in [0.2, 0.25) is 0 Å². The summed E-state index contributed by atoms with van der Waals surface area (Å²) in [6, 6.07) is 9.45. The van der Waals surface area contributed by atoms with Crippen LogP contribution < -0.4 is 5.32 Å². The highest BCUT2D eigenvalue weighted by Crippen LogP contribution is 2.38. The second-order valence-corrected chi connectivity index (χ2v) is 7.01. The van der Waals surface area contributed by atoms with Crippen LogP contribution in [0, 0.1) is 11.8 Å². The quantitative estimate of drug-likeness (QED) is 0.873. The standard InChI is InChI=1S/C16H23NS/c1-12-5-4-6-13(9-12)10-17-15-11-18-16-8-3-2-7-14(15)16/h2-3,7-8,12-13,15,17H,4-6,9-11H2,1H3. The summed E-state index contributed by atoms with van der Waals surface area (Å²) in [5.41, 5.74) is 1.52. The van der Waals surface area contributed by atoms with E-state index in [1.165, 1.54) is 48.4 Å². The summed E-state index contributed by atoms with van der Waals surface area (Å²) < 4.78 is 0. The minimum absolute atomic E-state index is 0.587. The van der Waals surface area contributed by atoms with Gasteiger partial charge in [-0.25, -0.2) is 0 Å². The topological polar surface area (TPSA) is 12.0 Å². The largest absolute Gasteiger partial charge is 0.309 e. The maximum Gasteiger partial charge on any atom is 0.0426 e. The van der Waals surface area contributed by atoms with E-state index in [1.54, 1.807) is 0 Å². The Labute approximate surface area is 115 Å². The molecule has 2 aliphatic rings. The Kier molecular flexibility index (Phi) is 3.95. The molecule has 1 fully saturated rings. The van der Waals surface area contributed by atoms with Gasteiger partial charge in [0.25, 0.3) is 0 Å². The van der Waals surface area contributed by atoms with Gasteiger partial charge in [-0.05, 0) is 42.9 Å². The first-order chi connectivity index (χ1) is 8.83. The van der Waals surface area contributed by atoms with Crippen molar-refractivity contribution in [2.75, 3.05) is 12.3 Å². The van der Waals surface area contributed by atoms with E-state index in [1.807, 2.05) is 11.8 Å². The molecule has 3 rings (SSSR count). The van der Waals surface area contributed by atoms with Gasteiger partial charge in [0.05, 0.1) is 0 Å². The number of nitrogens with one attached hydrogen (secondary N) is 1. The molecule has 1 aliphatic carbocycles. The lowest BCUT2D eigenvalue weighted by molar-refractivity contribution is 0.269. The predicted octanol–water partition coefficient (Wildman–Crippen LogP) is 4.25. The Morgan fingerprint density at radius 3 is 3.06 bits per heavy atom. The molecule has 0 radical (unpaired) electrons. The van der Waals surface area contributed by atoms with Gasteiger partial charge in [0.15, 0.2) is 0 Å². The monoisotopic (exact) mass is 261 g/mol. The van der Waals surface area contributed by atoms with E-state index < -0.39 is 0 Å². The second-order valence-electron chi connectivity index (χ2n) is 5.95. The van der Waals surface area contributed by atoms with Crippen molar-refractivity contribution in [3.63, 3.8) is 0 Å². The van der Waals surface area contributed by atoms with E-state index in [4.69, 9.17) is 0 Å². The average molecular weight is 261 g/mol. The lowest BCUT2D eigenvalue weighted by Gasteiger charge is -2.28. The molecule has 0 aromatic heterocycles. The lowest BCUT2D eigenvalue weighted by Crippen LogP contribution is -2.30. The van der Waals surface area contributed by atoms with Gasteiger partial charge in [-0.3, -0.25) is 0 Å². The van der Waals surface area contributed by atoms with Crippen LogP contribution in [0.4, 0.5) is 0 Å². The summed E-state index contributed by atoms with van der Waals surface area (Å²) in [5.74, 6) is 3.06. The van der Waals surface area contributed by atoms with Crippen LogP contribution in [0.25, 0.3) is 0 Å². The zero-order valence-electron chi connectivity index (χ0n) is 11.2. The SMILES string of the molecule is CC1CCCC(CNC2CSc3ccccc32)C1. The molecule has 1 aromatic carbocycles. The maximum atomic E-state index is 3.81. The molecule has 1 aromatic rings. The number of benzene rings is 1. The first-order valence-corrected chi connectivity index (χ1v) is 8.26. The highest BCUT2D eigenvalue weighted by molar-refractivity contribution is 7.99. The Hall–Kier alpha value is -0.470. The zero-order chi connectivity index (χ0) is 12.4. The van der Waals surface area contributed by atoms with Gasteiger partial charge < -0.3 is 5.32 Å². The molecule has 0 spiro atoms. The number of hydrogen-bond acceptors (Lipinski definition) is 2. The van der Waals surface area contributed by atoms with Gasteiger partial charge in [0, 0.05) is 16.7 Å². The molecule has 1 N–H and O–H groups in total. The van der Waals surface area contributed by atoms with Crippen LogP contribution in [0.3, 0.4) is 0 Å². The predicted molar refractivity (Wildman–Crippen MR) is 79.0 cm³/mol. The summed E-state index contributed by atoms with van der Waals surface area (Å²) in [7, 11) is 0. The van der Waals surface area contributed by atoms with Gasteiger partial charge in [-0.1, -0.05) is 38.0 Å². The first kappa shape index (κ1) is 12.6. The Balaban J connectivity index is 1.55. The van der Waals surface area contributed by atoms with Crippen LogP contribution in [0.15, 0.2) is 29.2 Å². The lowest BCUT2D eigenvalue weighted by atomic mass is 9.82. The van der Waals surface area contributed by atoms with Crippen molar-refractivity contribution in [3.8, 4) is 0 Å². The van der Waals surface area contributed by atoms with Crippen LogP contribution in [-0.2, 0) is 0 Å². The van der Waals surface area contributed by atoms with Crippen LogP contribution in [-0.4, -0.2) is 12.3 Å². The highest BCUT2D eigenvalue weighted by Gasteiger charge is 2.24. The average Bonchev–Trinajstić information content (AvgIpc) is 2.80. The van der Waals surface area contributed by atoms with Crippen molar-refractivity contribution in [1.29, 1.82) is 0 Å². The molecular formula is C16H23NS. The third kappa shape index (κ3) is 2.75. The van der Waals surface area contributed by atoms with E-state index >= 15 is 0 Å². The summed E-state index contributed by atoms with van der Waals surface area (Å²) in [6.45, 7) is 3.62. The number of rotatable bonds is 3. The number of thioether (sulfide) groups is 1. The van der Waals surface area contributed by atoms with E-state index in [9.17, 15) is 0 Å². The zero-order valence-corrected chi connectivity index (χ0v) is 12.0. The maximum absolute atomic E-state index is 3.81. The first-order valence-electron chi connectivity index (χ1n) is 7.28. The van der Waals surface area contributed by atoms with E-state index in [0.717, 1.165) is 11.8 Å². The van der Waals surface area contributed by atoms with Crippen molar-refractivity contribution in [2.24, 2.45) is 11.8 Å². The molecule has 1 heterocycles. The number of fused-ring (bicyclic) bond motifs is 1. The second kappa shape index (κ2) is 5.66. The Bertz CT molecular complexity index is 404. The van der Waals surface area contributed by atoms with Crippen LogP contribution >= 0.6 is 11.8 Å². The molecule has 98 valence electrons. The van der Waals surface area contributed by atoms with Crippen LogP contribution in [0.1, 0.15) is 44.2 Å². The van der Waals surface area contributed by atoms with Crippen molar-refractivity contribution < 1.29 is 0 Å². The molecule has 3 atom stereocenters. The molecular weight excluding hydrogens is 238 g/mol.